The summed E-state index contributed by atoms with van der Waals surface area (Å²) in [4.78, 5) is 12.7. The van der Waals surface area contributed by atoms with Crippen LogP contribution < -0.4 is 15.4 Å². The molecule has 0 spiro atoms. The summed E-state index contributed by atoms with van der Waals surface area (Å²) < 4.78 is 6.14. The molecule has 0 saturated heterocycles. The second-order valence-corrected chi connectivity index (χ2v) is 8.29. The molecule has 1 aromatic heterocycles. The average Bonchev–Trinajstić information content (AvgIpc) is 2.63. The first-order valence-electron chi connectivity index (χ1n) is 9.87. The van der Waals surface area contributed by atoms with Crippen molar-refractivity contribution in [3.63, 3.8) is 0 Å². The Morgan fingerprint density at radius 3 is 2.67 bits per heavy atom. The number of ether oxygens (including phenoxy) is 1. The predicted molar refractivity (Wildman–Crippen MR) is 111 cm³/mol. The molecule has 1 fully saturated rings. The van der Waals surface area contributed by atoms with E-state index >= 15 is 0 Å². The van der Waals surface area contributed by atoms with E-state index in [1.54, 1.807) is 31.3 Å². The van der Waals surface area contributed by atoms with Crippen molar-refractivity contribution in [1.29, 1.82) is 5.41 Å². The number of allylic oxidation sites excluding steroid dienone is 3. The number of carbonyl (C=O) groups is 1. The smallest absolute Gasteiger partial charge is 0.325 e. The molecule has 0 aliphatic heterocycles. The fourth-order valence-corrected chi connectivity index (χ4v) is 3.49. The van der Waals surface area contributed by atoms with Crippen LogP contribution in [0.25, 0.3) is 0 Å². The van der Waals surface area contributed by atoms with Gasteiger partial charge in [-0.05, 0) is 44.7 Å². The van der Waals surface area contributed by atoms with Crippen LogP contribution in [0, 0.1) is 18.3 Å². The molecule has 1 amide bonds. The molecular weight excluding hydrogens is 384 g/mol. The van der Waals surface area contributed by atoms with E-state index < -0.39 is 11.5 Å². The summed E-state index contributed by atoms with van der Waals surface area (Å²) in [6.45, 7) is 5.33. The Bertz CT molecular complexity index is 950. The molecule has 1 saturated carbocycles. The van der Waals surface area contributed by atoms with Gasteiger partial charge in [0.05, 0.1) is 24.1 Å². The number of nitrogens with one attached hydrogen (secondary N) is 3. The zero-order valence-electron chi connectivity index (χ0n) is 17.7. The first kappa shape index (κ1) is 21.6. The van der Waals surface area contributed by atoms with E-state index in [1.165, 1.54) is 19.3 Å². The minimum absolute atomic E-state index is 0.0859. The van der Waals surface area contributed by atoms with Crippen molar-refractivity contribution in [2.45, 2.75) is 45.3 Å². The molecule has 0 aromatic carbocycles. The van der Waals surface area contributed by atoms with Crippen molar-refractivity contribution in [3.8, 4) is 0 Å². The number of aliphatic hydroxyl groups is 1. The second kappa shape index (κ2) is 8.31. The molecule has 3 rings (SSSR count). The van der Waals surface area contributed by atoms with Gasteiger partial charge in [-0.15, -0.1) is 0 Å². The topological polar surface area (TPSA) is 119 Å². The van der Waals surface area contributed by atoms with Crippen LogP contribution in [0.15, 0.2) is 53.6 Å². The summed E-state index contributed by atoms with van der Waals surface area (Å²) >= 11 is 0. The monoisotopic (exact) mass is 413 g/mol. The predicted octanol–water partition coefficient (Wildman–Crippen LogP) is 1.72. The fraction of sp³-hybridized carbons (Fsp3) is 0.409. The summed E-state index contributed by atoms with van der Waals surface area (Å²) in [5.41, 5.74) is 1.18. The van der Waals surface area contributed by atoms with Crippen LogP contribution in [-0.4, -0.2) is 40.7 Å². The lowest BCUT2D eigenvalue weighted by atomic mass is 9.71. The maximum atomic E-state index is 12.7. The van der Waals surface area contributed by atoms with Gasteiger partial charge in [0.1, 0.15) is 5.76 Å². The molecule has 160 valence electrons. The van der Waals surface area contributed by atoms with E-state index in [4.69, 9.17) is 10.1 Å². The number of carbonyl (C=O) groups excluding carboxylic acids is 1. The number of amides is 1. The van der Waals surface area contributed by atoms with E-state index in [0.717, 1.165) is 17.6 Å². The fourth-order valence-electron chi connectivity index (χ4n) is 3.49. The van der Waals surface area contributed by atoms with Gasteiger partial charge < -0.3 is 25.9 Å². The lowest BCUT2D eigenvalue weighted by Crippen LogP contribution is -2.48. The molecule has 0 unspecified atom stereocenters. The quantitative estimate of drug-likeness (QED) is 0.359. The molecule has 8 heteroatoms. The SMILES string of the molecule is COC1=CC(=N)/C(=C\N[C@H]2C[C@H](C(C)(C)O)C2)C=C1NC(=O)c1cccc(C)[n+]1O. The van der Waals surface area contributed by atoms with Gasteiger partial charge in [-0.3, -0.25) is 10.0 Å². The normalized spacial score (nSPS) is 22.7. The van der Waals surface area contributed by atoms with E-state index in [0.29, 0.717) is 22.7 Å². The number of hydrogen-bond acceptors (Lipinski definition) is 6. The second-order valence-electron chi connectivity index (χ2n) is 8.29. The Kier molecular flexibility index (Phi) is 5.98. The van der Waals surface area contributed by atoms with E-state index in [2.05, 4.69) is 10.6 Å². The number of aromatic nitrogens is 1. The first-order chi connectivity index (χ1) is 14.1. The van der Waals surface area contributed by atoms with Crippen LogP contribution >= 0.6 is 0 Å². The van der Waals surface area contributed by atoms with Gasteiger partial charge >= 0.3 is 11.6 Å². The zero-order valence-corrected chi connectivity index (χ0v) is 17.7. The number of rotatable bonds is 6. The third-order valence-electron chi connectivity index (χ3n) is 5.62. The third kappa shape index (κ3) is 4.54. The van der Waals surface area contributed by atoms with Crippen molar-refractivity contribution >= 4 is 11.6 Å². The summed E-state index contributed by atoms with van der Waals surface area (Å²) in [6, 6.07) is 5.12. The largest absolute Gasteiger partial charge is 0.494 e. The van der Waals surface area contributed by atoms with Crippen LogP contribution in [0.5, 0.6) is 0 Å². The highest BCUT2D eigenvalue weighted by atomic mass is 16.5. The van der Waals surface area contributed by atoms with Gasteiger partial charge in [-0.25, -0.2) is 0 Å². The summed E-state index contributed by atoms with van der Waals surface area (Å²) in [7, 11) is 1.47. The van der Waals surface area contributed by atoms with Crippen molar-refractivity contribution in [2.75, 3.05) is 7.11 Å². The summed E-state index contributed by atoms with van der Waals surface area (Å²) in [5.74, 6) is 0.112. The molecule has 8 nitrogen and oxygen atoms in total. The van der Waals surface area contributed by atoms with Crippen LogP contribution in [0.4, 0.5) is 0 Å². The Balaban J connectivity index is 1.74. The van der Waals surface area contributed by atoms with Crippen LogP contribution in [0.2, 0.25) is 0 Å². The van der Waals surface area contributed by atoms with Crippen molar-refractivity contribution in [2.24, 2.45) is 5.92 Å². The van der Waals surface area contributed by atoms with Crippen LogP contribution in [0.1, 0.15) is 42.9 Å². The van der Waals surface area contributed by atoms with Crippen LogP contribution in [0.3, 0.4) is 0 Å². The minimum Gasteiger partial charge on any atom is -0.494 e. The Hall–Kier alpha value is -3.13. The van der Waals surface area contributed by atoms with Gasteiger partial charge in [0.2, 0.25) is 5.69 Å². The number of nitrogens with zero attached hydrogens (tertiary/aromatic N) is 1. The highest BCUT2D eigenvalue weighted by molar-refractivity contribution is 6.10. The number of pyridine rings is 1. The zero-order chi connectivity index (χ0) is 22.1. The molecular formula is C22H29N4O4+. The van der Waals surface area contributed by atoms with Gasteiger partial charge in [-0.2, -0.15) is 0 Å². The van der Waals surface area contributed by atoms with Crippen molar-refractivity contribution < 1.29 is 24.6 Å². The van der Waals surface area contributed by atoms with Gasteiger partial charge in [0, 0.05) is 47.7 Å². The van der Waals surface area contributed by atoms with Gasteiger partial charge in [0.25, 0.3) is 0 Å². The van der Waals surface area contributed by atoms with Gasteiger partial charge in [0.15, 0.2) is 0 Å². The lowest BCUT2D eigenvalue weighted by molar-refractivity contribution is -0.909. The summed E-state index contributed by atoms with van der Waals surface area (Å²) in [6.07, 6.45) is 6.66. The molecule has 2 aliphatic rings. The summed E-state index contributed by atoms with van der Waals surface area (Å²) in [5, 5.41) is 34.4. The number of hydrogen-bond donors (Lipinski definition) is 5. The van der Waals surface area contributed by atoms with E-state index in [-0.39, 0.29) is 23.4 Å². The Morgan fingerprint density at radius 1 is 1.33 bits per heavy atom. The third-order valence-corrected chi connectivity index (χ3v) is 5.62. The minimum atomic E-state index is -0.685. The number of aryl methyl sites for hydroxylation is 1. The highest BCUT2D eigenvalue weighted by Gasteiger charge is 2.38. The molecule has 0 radical (unpaired) electrons. The Morgan fingerprint density at radius 2 is 2.03 bits per heavy atom. The van der Waals surface area contributed by atoms with Crippen LogP contribution in [-0.2, 0) is 4.74 Å². The Labute approximate surface area is 176 Å². The molecule has 1 heterocycles. The molecule has 5 N–H and O–H groups in total. The molecule has 30 heavy (non-hydrogen) atoms. The first-order valence-corrected chi connectivity index (χ1v) is 9.87. The lowest BCUT2D eigenvalue weighted by Gasteiger charge is -2.42. The maximum Gasteiger partial charge on any atom is 0.325 e. The standard InChI is InChI=1S/C22H28N4O4/c1-13-6-5-7-19(26(13)29)21(27)25-18-8-14(17(23)11-20(18)30-4)12-24-16-9-15(10-16)22(2,3)28/h5-8,11-12,15-16,23,27-29H,9-10H2,1-4H3/p+1/t15-,16-. The average molecular weight is 413 g/mol. The van der Waals surface area contributed by atoms with Crippen molar-refractivity contribution in [3.05, 3.63) is 65.0 Å². The molecule has 2 aliphatic carbocycles. The number of methoxy groups -OCH3 is 1. The van der Waals surface area contributed by atoms with Gasteiger partial charge in [-0.1, -0.05) is 0 Å². The van der Waals surface area contributed by atoms with E-state index in [9.17, 15) is 15.1 Å². The van der Waals surface area contributed by atoms with E-state index in [1.807, 2.05) is 13.8 Å². The molecule has 0 atom stereocenters. The molecule has 1 aromatic rings. The highest BCUT2D eigenvalue weighted by Crippen LogP contribution is 2.36. The molecule has 0 bridgehead atoms. The van der Waals surface area contributed by atoms with Crippen molar-refractivity contribution in [1.82, 2.24) is 10.6 Å². The maximum absolute atomic E-state index is 12.7.